The van der Waals surface area contributed by atoms with Gasteiger partial charge in [-0.3, -0.25) is 0 Å². The van der Waals surface area contributed by atoms with Gasteiger partial charge in [-0.1, -0.05) is 26.6 Å². The molecule has 2 nitrogen and oxygen atoms in total. The average Bonchev–Trinajstić information content (AvgIpc) is 1.80. The van der Waals surface area contributed by atoms with E-state index in [9.17, 15) is 0 Å². The van der Waals surface area contributed by atoms with Crippen molar-refractivity contribution in [2.24, 2.45) is 0 Å². The van der Waals surface area contributed by atoms with Crippen molar-refractivity contribution in [1.82, 2.24) is 4.98 Å². The van der Waals surface area contributed by atoms with Crippen molar-refractivity contribution in [3.8, 4) is 0 Å². The number of nitrogen functional groups attached to an aromatic ring is 1. The molecule has 0 saturated carbocycles. The number of nitrogens with two attached hydrogens (primary N) is 1. The molecule has 0 aliphatic heterocycles. The largest absolute Gasteiger partial charge is 0.417 e. The van der Waals surface area contributed by atoms with E-state index in [0.29, 0.717) is 15.3 Å². The summed E-state index contributed by atoms with van der Waals surface area (Å²) in [6.07, 6.45) is 2.60. The van der Waals surface area contributed by atoms with Crippen LogP contribution in [0, 0.1) is 6.20 Å². The zero-order valence-corrected chi connectivity index (χ0v) is 10.0. The number of pyridine rings is 1. The minimum atomic E-state index is 0. The summed E-state index contributed by atoms with van der Waals surface area (Å²) < 4.78 is 0.712. The van der Waals surface area contributed by atoms with Gasteiger partial charge in [0.25, 0.3) is 0 Å². The summed E-state index contributed by atoms with van der Waals surface area (Å²) >= 11 is 8.63. The maximum absolute atomic E-state index is 5.49. The molecule has 1 heterocycles. The number of rotatable bonds is 0. The van der Waals surface area contributed by atoms with Crippen LogP contribution in [-0.4, -0.2) is 4.98 Å². The first kappa shape index (κ1) is 10.4. The summed E-state index contributed by atoms with van der Waals surface area (Å²) in [5.74, 6) is 0. The first-order valence-corrected chi connectivity index (χ1v) is 3.36. The average molecular weight is 390 g/mol. The molecule has 0 aromatic carbocycles. The van der Waals surface area contributed by atoms with Crippen molar-refractivity contribution in [2.75, 3.05) is 5.73 Å². The molecule has 2 N–H and O–H groups in total. The molecule has 0 spiro atoms. The number of anilines is 1. The van der Waals surface area contributed by atoms with Gasteiger partial charge in [0.05, 0.1) is 0 Å². The Morgan fingerprint density at radius 2 is 2.30 bits per heavy atom. The molecule has 0 saturated heterocycles. The van der Waals surface area contributed by atoms with E-state index in [1.165, 1.54) is 0 Å². The molecular weight excluding hydrogens is 387 g/mol. The second kappa shape index (κ2) is 4.32. The van der Waals surface area contributed by atoms with Crippen LogP contribution in [0.15, 0.2) is 10.5 Å². The van der Waals surface area contributed by atoms with E-state index in [-0.39, 0.29) is 21.1 Å². The molecule has 0 radical (unpaired) electrons. The normalized spacial score (nSPS) is 8.60. The Bertz CT molecular complexity index is 231. The molecule has 0 amide bonds. The number of halogens is 2. The van der Waals surface area contributed by atoms with Crippen LogP contribution in [0.1, 0.15) is 0 Å². The molecule has 0 atom stereocenters. The van der Waals surface area contributed by atoms with Crippen LogP contribution < -0.4 is 5.73 Å². The maximum Gasteiger partial charge on any atom is 0.0367 e. The van der Waals surface area contributed by atoms with Gasteiger partial charge in [0.1, 0.15) is 0 Å². The van der Waals surface area contributed by atoms with Crippen molar-refractivity contribution < 1.29 is 21.1 Å². The molecule has 1 aromatic rings. The topological polar surface area (TPSA) is 38.9 Å². The Morgan fingerprint density at radius 3 is 2.70 bits per heavy atom. The van der Waals surface area contributed by atoms with Crippen LogP contribution in [0.2, 0.25) is 5.15 Å². The molecule has 5 heteroatoms. The molecule has 0 aliphatic carbocycles. The third-order valence-electron chi connectivity index (χ3n) is 0.781. The third kappa shape index (κ3) is 2.57. The van der Waals surface area contributed by atoms with Gasteiger partial charge in [0.2, 0.25) is 0 Å². The Hall–Kier alpha value is 0.408. The molecule has 10 heavy (non-hydrogen) atoms. The van der Waals surface area contributed by atoms with E-state index in [1.54, 1.807) is 6.07 Å². The first-order valence-electron chi connectivity index (χ1n) is 2.19. The summed E-state index contributed by atoms with van der Waals surface area (Å²) in [5, 5.41) is 0.290. The van der Waals surface area contributed by atoms with Crippen molar-refractivity contribution in [3.63, 3.8) is 0 Å². The number of nitrogens with zero attached hydrogens (tertiary/aromatic N) is 1. The van der Waals surface area contributed by atoms with Crippen molar-refractivity contribution in [3.05, 3.63) is 21.9 Å². The van der Waals surface area contributed by atoms with Gasteiger partial charge in [-0.2, -0.15) is 0 Å². The van der Waals surface area contributed by atoms with Gasteiger partial charge in [-0.05, 0) is 5.69 Å². The van der Waals surface area contributed by atoms with Crippen molar-refractivity contribution in [2.45, 2.75) is 0 Å². The number of hydrogen-bond donors (Lipinski definition) is 1. The Balaban J connectivity index is 0.000000810. The Kier molecular flexibility index (Phi) is 4.50. The van der Waals surface area contributed by atoms with E-state index >= 15 is 0 Å². The fourth-order valence-corrected chi connectivity index (χ4v) is 0.827. The Morgan fingerprint density at radius 1 is 1.70 bits per heavy atom. The minimum absolute atomic E-state index is 0. The summed E-state index contributed by atoms with van der Waals surface area (Å²) in [7, 11) is 0. The summed E-state index contributed by atoms with van der Waals surface area (Å²) in [5.41, 5.74) is 5.84. The summed E-state index contributed by atoms with van der Waals surface area (Å²) in [6.45, 7) is 0. The molecule has 1 aromatic heterocycles. The molecule has 0 unspecified atom stereocenters. The quantitative estimate of drug-likeness (QED) is 0.543. The van der Waals surface area contributed by atoms with Gasteiger partial charge >= 0.3 is 0 Å². The fraction of sp³-hybridized carbons (Fsp3) is 0. The minimum Gasteiger partial charge on any atom is -0.417 e. The molecule has 1 rings (SSSR count). The van der Waals surface area contributed by atoms with E-state index in [4.69, 9.17) is 17.3 Å². The molecule has 54 valence electrons. The molecular formula is C5H3BrClN2W-. The van der Waals surface area contributed by atoms with E-state index in [1.807, 2.05) is 0 Å². The van der Waals surface area contributed by atoms with Crippen LogP contribution in [0.4, 0.5) is 5.69 Å². The molecule has 0 aliphatic rings. The van der Waals surface area contributed by atoms with E-state index in [2.05, 4.69) is 27.1 Å². The third-order valence-corrected chi connectivity index (χ3v) is 1.49. The summed E-state index contributed by atoms with van der Waals surface area (Å²) in [6, 6.07) is 1.65. The van der Waals surface area contributed by atoms with E-state index in [0.717, 1.165) is 0 Å². The van der Waals surface area contributed by atoms with Crippen LogP contribution in [-0.2, 0) is 21.1 Å². The van der Waals surface area contributed by atoms with Gasteiger partial charge in [-0.15, -0.1) is 17.7 Å². The van der Waals surface area contributed by atoms with Gasteiger partial charge in [0, 0.05) is 26.2 Å². The van der Waals surface area contributed by atoms with Crippen LogP contribution in [0.3, 0.4) is 0 Å². The van der Waals surface area contributed by atoms with Gasteiger partial charge in [-0.25, -0.2) is 0 Å². The fourth-order valence-electron chi connectivity index (χ4n) is 0.395. The smallest absolute Gasteiger partial charge is 0.0367 e. The standard InChI is InChI=1S/C5H3BrClN2.W/c6-3-1-4(8)5(7)9-2-3;/h1H,8H2;/q-1;. The molecule has 0 bridgehead atoms. The second-order valence-corrected chi connectivity index (χ2v) is 2.67. The monoisotopic (exact) mass is 389 g/mol. The van der Waals surface area contributed by atoms with Gasteiger partial charge in [0.15, 0.2) is 0 Å². The van der Waals surface area contributed by atoms with Gasteiger partial charge < -0.3 is 10.7 Å². The Labute approximate surface area is 86.5 Å². The van der Waals surface area contributed by atoms with E-state index < -0.39 is 0 Å². The maximum atomic E-state index is 5.49. The second-order valence-electron chi connectivity index (χ2n) is 1.46. The van der Waals surface area contributed by atoms with Crippen LogP contribution >= 0.6 is 27.5 Å². The zero-order chi connectivity index (χ0) is 6.85. The number of hydrogen-bond acceptors (Lipinski definition) is 2. The van der Waals surface area contributed by atoms with Crippen molar-refractivity contribution in [1.29, 1.82) is 0 Å². The summed E-state index contributed by atoms with van der Waals surface area (Å²) in [4.78, 5) is 3.65. The zero-order valence-electron chi connectivity index (χ0n) is 4.77. The van der Waals surface area contributed by atoms with Crippen molar-refractivity contribution >= 4 is 33.2 Å². The predicted molar refractivity (Wildman–Crippen MR) is 40.2 cm³/mol. The van der Waals surface area contributed by atoms with Crippen LogP contribution in [0.25, 0.3) is 0 Å². The first-order chi connectivity index (χ1) is 4.20. The predicted octanol–water partition coefficient (Wildman–Crippen LogP) is 1.88. The van der Waals surface area contributed by atoms with Crippen LogP contribution in [0.5, 0.6) is 0 Å². The SMILES string of the molecule is Nc1cc(Br)[c-]nc1Cl.[W]. The number of aromatic nitrogens is 1. The molecule has 0 fully saturated rings.